The van der Waals surface area contributed by atoms with Gasteiger partial charge in [-0.15, -0.1) is 0 Å². The molecule has 3 atom stereocenters. The number of imide groups is 1. The van der Waals surface area contributed by atoms with Crippen molar-refractivity contribution < 1.29 is 33.0 Å². The minimum absolute atomic E-state index is 0.0132. The summed E-state index contributed by atoms with van der Waals surface area (Å²) < 4.78 is 37.7. The van der Waals surface area contributed by atoms with Crippen LogP contribution in [-0.2, 0) is 16.1 Å². The molecule has 5 heterocycles. The van der Waals surface area contributed by atoms with Gasteiger partial charge in [-0.3, -0.25) is 24.6 Å². The molecule has 5 aliphatic rings. The first-order valence-corrected chi connectivity index (χ1v) is 20.1. The number of hydrogen-bond donors (Lipinski definition) is 2. The van der Waals surface area contributed by atoms with Crippen LogP contribution in [0.5, 0.6) is 11.5 Å². The van der Waals surface area contributed by atoms with Crippen molar-refractivity contribution in [2.45, 2.75) is 57.0 Å². The van der Waals surface area contributed by atoms with E-state index in [0.717, 1.165) is 67.8 Å². The molecule has 0 saturated carbocycles. The van der Waals surface area contributed by atoms with Crippen molar-refractivity contribution in [1.29, 1.82) is 0 Å². The standard InChI is InChI=1S/C45H47F2N5O5/c1-27-3-2-4-29(19-27)35-26-57-41-22-32(53)6-7-33(41)43(35)30-5-8-38(36(46)20-30)50-13-11-28(12-14-50)24-49-15-17-51(18-16-49)40-21-31-25-52(45(56)34(31)23-37(40)47)39-9-10-42(54)48-44(39)55/h2-8,19-23,28,35,39,43,53H,9-18,24-26H2,1H3,(H,48,54,55)/t35?,39-,43+/m0/s1. The number of halogens is 2. The van der Waals surface area contributed by atoms with E-state index in [0.29, 0.717) is 48.3 Å². The fraction of sp³-hybridized carbons (Fsp3) is 0.400. The lowest BCUT2D eigenvalue weighted by atomic mass is 9.75. The molecule has 10 nitrogen and oxygen atoms in total. The highest BCUT2D eigenvalue weighted by atomic mass is 19.1. The highest BCUT2D eigenvalue weighted by Gasteiger charge is 2.40. The van der Waals surface area contributed by atoms with Crippen LogP contribution in [0.15, 0.2) is 72.8 Å². The predicted octanol–water partition coefficient (Wildman–Crippen LogP) is 6.09. The van der Waals surface area contributed by atoms with Gasteiger partial charge in [0.15, 0.2) is 0 Å². The average Bonchev–Trinajstić information content (AvgIpc) is 3.51. The monoisotopic (exact) mass is 775 g/mol. The SMILES string of the molecule is Cc1cccc(C2COc3cc(O)ccc3[C@H]2c2ccc(N3CCC(CN4CCN(c5cc6c(cc5F)C(=O)N([C@H]5CCC(=O)NC5=O)C6)CC4)CC3)c(F)c2)c1. The number of carbonyl (C=O) groups excluding carboxylic acids is 3. The Balaban J connectivity index is 0.808. The number of piperidine rings is 2. The van der Waals surface area contributed by atoms with Crippen molar-refractivity contribution in [3.8, 4) is 11.5 Å². The van der Waals surface area contributed by atoms with E-state index in [1.807, 2.05) is 23.1 Å². The van der Waals surface area contributed by atoms with E-state index in [9.17, 15) is 19.5 Å². The van der Waals surface area contributed by atoms with Crippen LogP contribution < -0.4 is 19.9 Å². The van der Waals surface area contributed by atoms with Gasteiger partial charge >= 0.3 is 0 Å². The van der Waals surface area contributed by atoms with Gasteiger partial charge in [0, 0.05) is 87.8 Å². The molecule has 2 N–H and O–H groups in total. The third kappa shape index (κ3) is 7.20. The number of fused-ring (bicyclic) bond motifs is 2. The van der Waals surface area contributed by atoms with Gasteiger partial charge in [-0.2, -0.15) is 0 Å². The molecular formula is C45H47F2N5O5. The molecule has 0 bridgehead atoms. The summed E-state index contributed by atoms with van der Waals surface area (Å²) in [4.78, 5) is 45.3. The summed E-state index contributed by atoms with van der Waals surface area (Å²) in [6.45, 7) is 8.05. The molecule has 4 aromatic carbocycles. The molecule has 3 fully saturated rings. The topological polar surface area (TPSA) is 106 Å². The van der Waals surface area contributed by atoms with Crippen molar-refractivity contribution in [2.24, 2.45) is 5.92 Å². The van der Waals surface area contributed by atoms with Gasteiger partial charge in [-0.25, -0.2) is 8.78 Å². The molecule has 1 unspecified atom stereocenters. The number of amides is 3. The highest BCUT2D eigenvalue weighted by molar-refractivity contribution is 6.05. The number of ether oxygens (including phenoxy) is 1. The van der Waals surface area contributed by atoms with Crippen LogP contribution in [-0.4, -0.2) is 91.1 Å². The number of nitrogens with one attached hydrogen (secondary N) is 1. The van der Waals surface area contributed by atoms with E-state index in [2.05, 4.69) is 46.3 Å². The number of hydrogen-bond acceptors (Lipinski definition) is 8. The number of piperazine rings is 1. The van der Waals surface area contributed by atoms with E-state index in [1.54, 1.807) is 24.3 Å². The van der Waals surface area contributed by atoms with Gasteiger partial charge in [0.1, 0.15) is 29.2 Å². The van der Waals surface area contributed by atoms with Crippen molar-refractivity contribution >= 4 is 29.1 Å². The number of phenols is 1. The van der Waals surface area contributed by atoms with E-state index in [-0.39, 0.29) is 60.2 Å². The minimum Gasteiger partial charge on any atom is -0.508 e. The van der Waals surface area contributed by atoms with Crippen molar-refractivity contribution in [2.75, 3.05) is 62.2 Å². The van der Waals surface area contributed by atoms with E-state index >= 15 is 8.78 Å². The maximum atomic E-state index is 16.1. The Labute approximate surface area is 331 Å². The second kappa shape index (κ2) is 15.1. The maximum absolute atomic E-state index is 16.1. The summed E-state index contributed by atoms with van der Waals surface area (Å²) in [5.41, 5.74) is 6.18. The Morgan fingerprint density at radius 2 is 1.58 bits per heavy atom. The molecule has 0 aromatic heterocycles. The Morgan fingerprint density at radius 1 is 0.807 bits per heavy atom. The van der Waals surface area contributed by atoms with Crippen molar-refractivity contribution in [1.82, 2.24) is 15.1 Å². The summed E-state index contributed by atoms with van der Waals surface area (Å²) >= 11 is 0. The van der Waals surface area contributed by atoms with Crippen LogP contribution in [0.4, 0.5) is 20.2 Å². The molecule has 57 heavy (non-hydrogen) atoms. The molecular weight excluding hydrogens is 729 g/mol. The summed E-state index contributed by atoms with van der Waals surface area (Å²) in [5.74, 6) is -0.787. The molecule has 0 radical (unpaired) electrons. The van der Waals surface area contributed by atoms with Crippen LogP contribution in [0.3, 0.4) is 0 Å². The minimum atomic E-state index is -0.736. The fourth-order valence-electron chi connectivity index (χ4n) is 9.68. The smallest absolute Gasteiger partial charge is 0.255 e. The largest absolute Gasteiger partial charge is 0.508 e. The molecule has 4 aromatic rings. The number of nitrogens with zero attached hydrogens (tertiary/aromatic N) is 4. The zero-order chi connectivity index (χ0) is 39.4. The Kier molecular flexibility index (Phi) is 9.84. The number of benzene rings is 4. The third-order valence-electron chi connectivity index (χ3n) is 12.7. The molecule has 9 rings (SSSR count). The van der Waals surface area contributed by atoms with Gasteiger partial charge in [-0.1, -0.05) is 42.0 Å². The Hall–Kier alpha value is -5.49. The van der Waals surface area contributed by atoms with Crippen LogP contribution in [0, 0.1) is 24.5 Å². The average molecular weight is 776 g/mol. The third-order valence-corrected chi connectivity index (χ3v) is 12.7. The van der Waals surface area contributed by atoms with Crippen LogP contribution in [0.2, 0.25) is 0 Å². The number of rotatable bonds is 7. The normalized spacial score (nSPS) is 23.0. The van der Waals surface area contributed by atoms with E-state index < -0.39 is 17.8 Å². The number of aromatic hydroxyl groups is 1. The summed E-state index contributed by atoms with van der Waals surface area (Å²) in [7, 11) is 0. The number of phenolic OH excluding ortho intramolecular Hbond substituents is 1. The van der Waals surface area contributed by atoms with Crippen LogP contribution >= 0.6 is 0 Å². The first-order valence-electron chi connectivity index (χ1n) is 20.1. The Morgan fingerprint density at radius 3 is 2.33 bits per heavy atom. The van der Waals surface area contributed by atoms with Gasteiger partial charge in [-0.05, 0) is 79.1 Å². The summed E-state index contributed by atoms with van der Waals surface area (Å²) in [6, 6.07) is 21.6. The van der Waals surface area contributed by atoms with Gasteiger partial charge in [0.25, 0.3) is 5.91 Å². The predicted molar refractivity (Wildman–Crippen MR) is 212 cm³/mol. The molecule has 296 valence electrons. The maximum Gasteiger partial charge on any atom is 0.255 e. The molecule has 0 aliphatic carbocycles. The first kappa shape index (κ1) is 37.1. The second-order valence-corrected chi connectivity index (χ2v) is 16.3. The van der Waals surface area contributed by atoms with E-state index in [4.69, 9.17) is 4.74 Å². The summed E-state index contributed by atoms with van der Waals surface area (Å²) in [6.07, 6.45) is 2.33. The molecule has 12 heteroatoms. The van der Waals surface area contributed by atoms with Crippen molar-refractivity contribution in [3.05, 3.63) is 118 Å². The molecule has 3 amide bonds. The van der Waals surface area contributed by atoms with Crippen LogP contribution in [0.25, 0.3) is 0 Å². The Bertz CT molecular complexity index is 2230. The first-order chi connectivity index (χ1) is 27.6. The molecule has 5 aliphatic heterocycles. The van der Waals surface area contributed by atoms with Crippen molar-refractivity contribution in [3.63, 3.8) is 0 Å². The second-order valence-electron chi connectivity index (χ2n) is 16.3. The summed E-state index contributed by atoms with van der Waals surface area (Å²) in [5, 5.41) is 12.5. The molecule has 3 saturated heterocycles. The lowest BCUT2D eigenvalue weighted by Crippen LogP contribution is -2.52. The van der Waals surface area contributed by atoms with E-state index in [1.165, 1.54) is 11.0 Å². The number of carbonyl (C=O) groups is 3. The highest BCUT2D eigenvalue weighted by Crippen LogP contribution is 2.47. The molecule has 0 spiro atoms. The van der Waals surface area contributed by atoms with Gasteiger partial charge in [0.05, 0.1) is 18.0 Å². The number of anilines is 2. The van der Waals surface area contributed by atoms with Gasteiger partial charge < -0.3 is 24.5 Å². The fourth-order valence-corrected chi connectivity index (χ4v) is 9.68. The quantitative estimate of drug-likeness (QED) is 0.218. The number of aryl methyl sites for hydroxylation is 1. The van der Waals surface area contributed by atoms with Crippen LogP contribution in [0.1, 0.15) is 75.7 Å². The zero-order valence-electron chi connectivity index (χ0n) is 32.1. The lowest BCUT2D eigenvalue weighted by molar-refractivity contribution is -0.136. The zero-order valence-corrected chi connectivity index (χ0v) is 32.1. The lowest BCUT2D eigenvalue weighted by Gasteiger charge is -2.40. The van der Waals surface area contributed by atoms with Gasteiger partial charge in [0.2, 0.25) is 11.8 Å².